The van der Waals surface area contributed by atoms with Gasteiger partial charge in [-0.15, -0.1) is 11.8 Å². The Morgan fingerprint density at radius 2 is 1.34 bits per heavy atom. The Balaban J connectivity index is 2.23. The van der Waals surface area contributed by atoms with Crippen molar-refractivity contribution in [1.29, 1.82) is 0 Å². The molecule has 0 aliphatic carbocycles. The summed E-state index contributed by atoms with van der Waals surface area (Å²) in [6.45, 7) is 6.27. The summed E-state index contributed by atoms with van der Waals surface area (Å²) in [5, 5.41) is 24.0. The highest BCUT2D eigenvalue weighted by molar-refractivity contribution is 8.01. The van der Waals surface area contributed by atoms with Gasteiger partial charge in [-0.25, -0.2) is 9.59 Å². The fourth-order valence-corrected chi connectivity index (χ4v) is 5.67. The van der Waals surface area contributed by atoms with Crippen molar-refractivity contribution in [2.45, 2.75) is 89.7 Å². The summed E-state index contributed by atoms with van der Waals surface area (Å²) < 4.78 is 4.57. The van der Waals surface area contributed by atoms with Gasteiger partial charge in [0.1, 0.15) is 17.9 Å². The van der Waals surface area contributed by atoms with E-state index in [4.69, 9.17) is 9.84 Å². The Bertz CT molecular complexity index is 1240. The summed E-state index contributed by atoms with van der Waals surface area (Å²) in [6.07, 6.45) is 34.8. The summed E-state index contributed by atoms with van der Waals surface area (Å²) in [6, 6.07) is 3.67. The van der Waals surface area contributed by atoms with Gasteiger partial charge in [-0.2, -0.15) is 0 Å². The minimum Gasteiger partial charge on any atom is -0.507 e. The van der Waals surface area contributed by atoms with Gasteiger partial charge in [-0.1, -0.05) is 93.7 Å². The van der Waals surface area contributed by atoms with Crippen molar-refractivity contribution >= 4 is 35.4 Å². The zero-order valence-electron chi connectivity index (χ0n) is 28.3. The molecule has 0 aromatic heterocycles. The highest BCUT2D eigenvalue weighted by atomic mass is 32.2. The molecule has 47 heavy (non-hydrogen) atoms. The fraction of sp³-hybridized carbons (Fsp3) is 0.447. The summed E-state index contributed by atoms with van der Waals surface area (Å²) in [4.78, 5) is 36.2. The number of aromatic carboxylic acids is 1. The second-order valence-electron chi connectivity index (χ2n) is 10.7. The number of carboxylic acid groups (broad SMARTS) is 1. The maximum Gasteiger partial charge on any atom is 0.411 e. The van der Waals surface area contributed by atoms with E-state index in [0.29, 0.717) is 12.8 Å². The minimum absolute atomic E-state index is 0.0434. The van der Waals surface area contributed by atoms with E-state index >= 15 is 0 Å². The van der Waals surface area contributed by atoms with Crippen LogP contribution in [0.25, 0.3) is 0 Å². The zero-order chi connectivity index (χ0) is 34.6. The Kier molecular flexibility index (Phi) is 22.8. The molecule has 0 fully saturated rings. The Morgan fingerprint density at radius 3 is 1.85 bits per heavy atom. The van der Waals surface area contributed by atoms with Gasteiger partial charge in [0, 0.05) is 5.69 Å². The average Bonchev–Trinajstić information content (AvgIpc) is 3.06. The van der Waals surface area contributed by atoms with E-state index in [1.807, 2.05) is 13.8 Å². The van der Waals surface area contributed by atoms with E-state index in [1.165, 1.54) is 12.1 Å². The number of unbranched alkanes of at least 4 members (excludes halogenated alkanes) is 1. The predicted octanol–water partition coefficient (Wildman–Crippen LogP) is 9.53. The molecule has 0 unspecified atom stereocenters. The molecule has 1 aromatic carbocycles. The van der Waals surface area contributed by atoms with Gasteiger partial charge >= 0.3 is 12.1 Å². The van der Waals surface area contributed by atoms with E-state index < -0.39 is 22.6 Å². The lowest BCUT2D eigenvalue weighted by Crippen LogP contribution is -2.45. The summed E-state index contributed by atoms with van der Waals surface area (Å²) >= 11 is 1.67. The van der Waals surface area contributed by atoms with Crippen LogP contribution in [0.2, 0.25) is 0 Å². The van der Waals surface area contributed by atoms with Crippen molar-refractivity contribution in [3.05, 3.63) is 96.7 Å². The number of carbonyl (C=O) groups is 3. The Labute approximate surface area is 285 Å². The predicted molar refractivity (Wildman–Crippen MR) is 196 cm³/mol. The number of rotatable bonds is 24. The first kappa shape index (κ1) is 41.0. The number of ether oxygens (including phenoxy) is 1. The third-order valence-electron chi connectivity index (χ3n) is 7.14. The van der Waals surface area contributed by atoms with Gasteiger partial charge in [0.15, 0.2) is 0 Å². The van der Waals surface area contributed by atoms with Crippen molar-refractivity contribution in [2.24, 2.45) is 0 Å². The lowest BCUT2D eigenvalue weighted by atomic mass is 10.0. The number of carbonyl (C=O) groups excluding carboxylic acids is 2. The highest BCUT2D eigenvalue weighted by Gasteiger charge is 2.34. The average molecular weight is 667 g/mol. The molecule has 4 N–H and O–H groups in total. The molecule has 0 atom stereocenters. The molecule has 9 heteroatoms. The first-order chi connectivity index (χ1) is 22.8. The molecule has 1 aromatic rings. The number of phenols is 1. The topological polar surface area (TPSA) is 125 Å². The second-order valence-corrected chi connectivity index (χ2v) is 12.1. The van der Waals surface area contributed by atoms with Crippen LogP contribution in [0.15, 0.2) is 91.1 Å². The second kappa shape index (κ2) is 26.1. The van der Waals surface area contributed by atoms with Crippen LogP contribution in [0.1, 0.15) is 95.3 Å². The molecule has 0 saturated heterocycles. The number of aromatic hydroxyl groups is 1. The third kappa shape index (κ3) is 18.7. The highest BCUT2D eigenvalue weighted by Crippen LogP contribution is 2.33. The van der Waals surface area contributed by atoms with E-state index in [0.717, 1.165) is 63.2 Å². The summed E-state index contributed by atoms with van der Waals surface area (Å²) in [7, 11) is 0. The molecule has 0 aliphatic rings. The van der Waals surface area contributed by atoms with Crippen LogP contribution in [-0.4, -0.2) is 51.8 Å². The van der Waals surface area contributed by atoms with Gasteiger partial charge in [0.25, 0.3) is 0 Å². The smallest absolute Gasteiger partial charge is 0.411 e. The van der Waals surface area contributed by atoms with Crippen LogP contribution in [-0.2, 0) is 9.53 Å². The summed E-state index contributed by atoms with van der Waals surface area (Å²) in [5.74, 6) is -0.925. The van der Waals surface area contributed by atoms with Gasteiger partial charge < -0.3 is 20.3 Å². The van der Waals surface area contributed by atoms with Gasteiger partial charge in [-0.3, -0.25) is 10.1 Å². The number of hydrogen-bond donors (Lipinski definition) is 4. The number of carboxylic acids is 1. The molecule has 258 valence electrons. The van der Waals surface area contributed by atoms with Crippen molar-refractivity contribution < 1.29 is 29.3 Å². The van der Waals surface area contributed by atoms with E-state index in [1.54, 1.807) is 11.8 Å². The Hall–Kier alpha value is -3.98. The quantitative estimate of drug-likeness (QED) is 0.0492. The van der Waals surface area contributed by atoms with Gasteiger partial charge in [0.2, 0.25) is 5.91 Å². The monoisotopic (exact) mass is 666 g/mol. The van der Waals surface area contributed by atoms with Crippen LogP contribution in [0.3, 0.4) is 0 Å². The van der Waals surface area contributed by atoms with Crippen LogP contribution in [0.4, 0.5) is 10.5 Å². The fourth-order valence-electron chi connectivity index (χ4n) is 4.36. The van der Waals surface area contributed by atoms with Crippen LogP contribution < -0.4 is 10.6 Å². The lowest BCUT2D eigenvalue weighted by Gasteiger charge is -2.29. The van der Waals surface area contributed by atoms with E-state index in [9.17, 15) is 19.5 Å². The number of amides is 2. The molecule has 0 bridgehead atoms. The zero-order valence-corrected chi connectivity index (χ0v) is 29.1. The van der Waals surface area contributed by atoms with Gasteiger partial charge in [0.05, 0.1) is 11.3 Å². The Morgan fingerprint density at radius 1 is 0.809 bits per heavy atom. The van der Waals surface area contributed by atoms with Crippen LogP contribution in [0, 0.1) is 0 Å². The number of anilines is 1. The molecular weight excluding hydrogens is 612 g/mol. The number of hydrogen-bond acceptors (Lipinski definition) is 6. The number of benzene rings is 1. The van der Waals surface area contributed by atoms with Crippen LogP contribution >= 0.6 is 11.8 Å². The van der Waals surface area contributed by atoms with Crippen LogP contribution in [0.5, 0.6) is 5.75 Å². The summed E-state index contributed by atoms with van der Waals surface area (Å²) in [5.41, 5.74) is -0.161. The SMILES string of the molecule is CCC=CCC=CCC=CCC=CCC=CCC=CCCCSC(CC)(CC)C(=O)NCCOC(=O)Nc1ccc(O)c(C(=O)O)c1. The first-order valence-corrected chi connectivity index (χ1v) is 17.6. The van der Waals surface area contributed by atoms with Crippen molar-refractivity contribution in [2.75, 3.05) is 24.2 Å². The molecular formula is C38H54N2O6S. The molecule has 2 amide bonds. The number of thioether (sulfide) groups is 1. The number of nitrogens with one attached hydrogen (secondary N) is 2. The maximum absolute atomic E-state index is 13.0. The van der Waals surface area contributed by atoms with Crippen molar-refractivity contribution in [3.8, 4) is 5.75 Å². The molecule has 0 heterocycles. The molecule has 0 saturated carbocycles. The largest absolute Gasteiger partial charge is 0.507 e. The molecule has 0 spiro atoms. The first-order valence-electron chi connectivity index (χ1n) is 16.6. The molecule has 0 aliphatic heterocycles. The van der Waals surface area contributed by atoms with Gasteiger partial charge in [-0.05, 0) is 88.2 Å². The minimum atomic E-state index is -1.32. The molecule has 0 radical (unpaired) electrons. The lowest BCUT2D eigenvalue weighted by molar-refractivity contribution is -0.123. The normalized spacial score (nSPS) is 12.4. The molecule has 1 rings (SSSR count). The standard InChI is InChI=1S/C38H54N2O6S/c1-4-7-8-9-10-11-12-13-14-15-16-17-18-19-20-21-22-23-24-25-30-47-38(5-2,6-3)36(44)39-28-29-46-37(45)40-32-26-27-34(41)33(31-32)35(42)43/h7-8,10-11,13-14,16-17,19-20,22-23,26-27,31,41H,4-6,9,12,15,18,21,24-25,28-30H2,1-3H3,(H,39,44)(H,40,45)(H,42,43). The molecule has 8 nitrogen and oxygen atoms in total. The van der Waals surface area contributed by atoms with Crippen molar-refractivity contribution in [3.63, 3.8) is 0 Å². The maximum atomic E-state index is 13.0. The third-order valence-corrected chi connectivity index (χ3v) is 8.95. The number of allylic oxidation sites excluding steroid dienone is 12. The van der Waals surface area contributed by atoms with E-state index in [-0.39, 0.29) is 30.3 Å². The van der Waals surface area contributed by atoms with Crippen molar-refractivity contribution in [1.82, 2.24) is 5.32 Å². The van der Waals surface area contributed by atoms with E-state index in [2.05, 4.69) is 90.5 Å².